The van der Waals surface area contributed by atoms with Crippen LogP contribution in [0.1, 0.15) is 42.4 Å². The second-order valence-corrected chi connectivity index (χ2v) is 6.06. The predicted octanol–water partition coefficient (Wildman–Crippen LogP) is 3.82. The van der Waals surface area contributed by atoms with Gasteiger partial charge in [-0.05, 0) is 48.9 Å². The van der Waals surface area contributed by atoms with E-state index in [0.29, 0.717) is 13.0 Å². The molecule has 23 heavy (non-hydrogen) atoms. The Labute approximate surface area is 138 Å². The average molecular weight is 310 g/mol. The number of nitrogens with two attached hydrogens (primary N) is 1. The van der Waals surface area contributed by atoms with Crippen molar-refractivity contribution in [3.05, 3.63) is 65.2 Å². The van der Waals surface area contributed by atoms with Crippen molar-refractivity contribution in [3.63, 3.8) is 0 Å². The zero-order chi connectivity index (χ0) is 16.7. The third kappa shape index (κ3) is 5.44. The highest BCUT2D eigenvalue weighted by molar-refractivity contribution is 5.76. The van der Waals surface area contributed by atoms with Crippen LogP contribution in [0.3, 0.4) is 0 Å². The maximum absolute atomic E-state index is 12.2. The minimum atomic E-state index is 0.118. The van der Waals surface area contributed by atoms with Gasteiger partial charge in [0.05, 0.1) is 0 Å². The molecule has 1 amide bonds. The second-order valence-electron chi connectivity index (χ2n) is 6.06. The molecule has 0 aliphatic carbocycles. The van der Waals surface area contributed by atoms with E-state index in [9.17, 15) is 4.79 Å². The van der Waals surface area contributed by atoms with E-state index in [-0.39, 0.29) is 11.8 Å². The predicted molar refractivity (Wildman–Crippen MR) is 96.4 cm³/mol. The van der Waals surface area contributed by atoms with Crippen molar-refractivity contribution in [3.8, 4) is 0 Å². The van der Waals surface area contributed by atoms with Crippen molar-refractivity contribution in [1.29, 1.82) is 0 Å². The first-order valence-corrected chi connectivity index (χ1v) is 8.26. The summed E-state index contributed by atoms with van der Waals surface area (Å²) < 4.78 is 0. The molecule has 0 spiro atoms. The molecule has 0 fully saturated rings. The topological polar surface area (TPSA) is 55.1 Å². The van der Waals surface area contributed by atoms with Gasteiger partial charge in [-0.15, -0.1) is 0 Å². The van der Waals surface area contributed by atoms with Crippen molar-refractivity contribution >= 4 is 11.6 Å². The zero-order valence-electron chi connectivity index (χ0n) is 14.0. The SMILES string of the molecule is CCC(CC(=O)NCCc1ccc(N)cc1)c1ccc(C)cc1. The summed E-state index contributed by atoms with van der Waals surface area (Å²) in [6.45, 7) is 4.87. The Kier molecular flexibility index (Phi) is 6.21. The number of rotatable bonds is 7. The van der Waals surface area contributed by atoms with E-state index in [0.717, 1.165) is 18.5 Å². The Morgan fingerprint density at radius 1 is 1.09 bits per heavy atom. The van der Waals surface area contributed by atoms with Crippen LogP contribution in [0.4, 0.5) is 5.69 Å². The van der Waals surface area contributed by atoms with Crippen LogP contribution in [0.5, 0.6) is 0 Å². The number of nitrogen functional groups attached to an aromatic ring is 1. The Hall–Kier alpha value is -2.29. The van der Waals surface area contributed by atoms with Gasteiger partial charge in [0.25, 0.3) is 0 Å². The molecule has 0 aliphatic heterocycles. The van der Waals surface area contributed by atoms with E-state index in [1.54, 1.807) is 0 Å². The van der Waals surface area contributed by atoms with E-state index in [4.69, 9.17) is 5.73 Å². The summed E-state index contributed by atoms with van der Waals surface area (Å²) in [6.07, 6.45) is 2.34. The Balaban J connectivity index is 1.80. The van der Waals surface area contributed by atoms with Gasteiger partial charge in [0, 0.05) is 18.7 Å². The van der Waals surface area contributed by atoms with E-state index in [1.807, 2.05) is 24.3 Å². The van der Waals surface area contributed by atoms with Crippen LogP contribution in [-0.4, -0.2) is 12.5 Å². The molecule has 0 bridgehead atoms. The number of anilines is 1. The highest BCUT2D eigenvalue weighted by Crippen LogP contribution is 2.23. The van der Waals surface area contributed by atoms with E-state index in [2.05, 4.69) is 43.4 Å². The zero-order valence-corrected chi connectivity index (χ0v) is 14.0. The van der Waals surface area contributed by atoms with Crippen molar-refractivity contribution in [2.45, 2.75) is 39.0 Å². The number of hydrogen-bond donors (Lipinski definition) is 2. The number of hydrogen-bond acceptors (Lipinski definition) is 2. The first kappa shape index (κ1) is 17.1. The van der Waals surface area contributed by atoms with Crippen LogP contribution in [0.15, 0.2) is 48.5 Å². The largest absolute Gasteiger partial charge is 0.399 e. The Bertz CT molecular complexity index is 617. The fourth-order valence-corrected chi connectivity index (χ4v) is 2.66. The third-order valence-corrected chi connectivity index (χ3v) is 4.19. The molecule has 0 aromatic heterocycles. The van der Waals surface area contributed by atoms with Gasteiger partial charge >= 0.3 is 0 Å². The molecular weight excluding hydrogens is 284 g/mol. The van der Waals surface area contributed by atoms with Crippen LogP contribution < -0.4 is 11.1 Å². The highest BCUT2D eigenvalue weighted by Gasteiger charge is 2.13. The number of benzene rings is 2. The minimum Gasteiger partial charge on any atom is -0.399 e. The summed E-state index contributed by atoms with van der Waals surface area (Å²) in [5.41, 5.74) is 10.1. The number of carbonyl (C=O) groups is 1. The molecule has 2 aromatic rings. The van der Waals surface area contributed by atoms with E-state index < -0.39 is 0 Å². The quantitative estimate of drug-likeness (QED) is 0.764. The molecule has 1 unspecified atom stereocenters. The van der Waals surface area contributed by atoms with Gasteiger partial charge in [-0.25, -0.2) is 0 Å². The Morgan fingerprint density at radius 2 is 1.74 bits per heavy atom. The number of aryl methyl sites for hydroxylation is 1. The van der Waals surface area contributed by atoms with Crippen molar-refractivity contribution < 1.29 is 4.79 Å². The van der Waals surface area contributed by atoms with Gasteiger partial charge in [0.2, 0.25) is 5.91 Å². The van der Waals surface area contributed by atoms with Gasteiger partial charge < -0.3 is 11.1 Å². The van der Waals surface area contributed by atoms with Gasteiger partial charge in [-0.2, -0.15) is 0 Å². The molecule has 0 heterocycles. The number of nitrogens with one attached hydrogen (secondary N) is 1. The summed E-state index contributed by atoms with van der Waals surface area (Å²) >= 11 is 0. The first-order chi connectivity index (χ1) is 11.1. The van der Waals surface area contributed by atoms with Gasteiger partial charge in [0.15, 0.2) is 0 Å². The van der Waals surface area contributed by atoms with Crippen LogP contribution in [-0.2, 0) is 11.2 Å². The number of amides is 1. The fourth-order valence-electron chi connectivity index (χ4n) is 2.66. The average Bonchev–Trinajstić information content (AvgIpc) is 2.55. The van der Waals surface area contributed by atoms with E-state index >= 15 is 0 Å². The summed E-state index contributed by atoms with van der Waals surface area (Å²) in [5.74, 6) is 0.403. The lowest BCUT2D eigenvalue weighted by Crippen LogP contribution is -2.27. The first-order valence-electron chi connectivity index (χ1n) is 8.26. The normalized spacial score (nSPS) is 11.9. The van der Waals surface area contributed by atoms with E-state index in [1.165, 1.54) is 16.7 Å². The fraction of sp³-hybridized carbons (Fsp3) is 0.350. The summed E-state index contributed by atoms with van der Waals surface area (Å²) in [6, 6.07) is 16.3. The van der Waals surface area contributed by atoms with Crippen molar-refractivity contribution in [1.82, 2.24) is 5.32 Å². The van der Waals surface area contributed by atoms with Gasteiger partial charge in [-0.3, -0.25) is 4.79 Å². The van der Waals surface area contributed by atoms with Gasteiger partial charge in [0.1, 0.15) is 0 Å². The molecule has 2 rings (SSSR count). The third-order valence-electron chi connectivity index (χ3n) is 4.19. The lowest BCUT2D eigenvalue weighted by molar-refractivity contribution is -0.121. The smallest absolute Gasteiger partial charge is 0.220 e. The molecule has 0 radical (unpaired) electrons. The van der Waals surface area contributed by atoms with Crippen molar-refractivity contribution in [2.75, 3.05) is 12.3 Å². The molecule has 122 valence electrons. The number of carbonyl (C=O) groups excluding carboxylic acids is 1. The Morgan fingerprint density at radius 3 is 2.35 bits per heavy atom. The molecule has 0 saturated carbocycles. The molecule has 3 N–H and O–H groups in total. The van der Waals surface area contributed by atoms with Crippen LogP contribution in [0.25, 0.3) is 0 Å². The van der Waals surface area contributed by atoms with Crippen molar-refractivity contribution in [2.24, 2.45) is 0 Å². The molecule has 3 nitrogen and oxygen atoms in total. The summed E-state index contributed by atoms with van der Waals surface area (Å²) in [4.78, 5) is 12.2. The summed E-state index contributed by atoms with van der Waals surface area (Å²) in [7, 11) is 0. The van der Waals surface area contributed by atoms with Crippen LogP contribution in [0.2, 0.25) is 0 Å². The highest BCUT2D eigenvalue weighted by atomic mass is 16.1. The monoisotopic (exact) mass is 310 g/mol. The van der Waals surface area contributed by atoms with Crippen LogP contribution in [0, 0.1) is 6.92 Å². The maximum Gasteiger partial charge on any atom is 0.220 e. The summed E-state index contributed by atoms with van der Waals surface area (Å²) in [5, 5.41) is 3.02. The maximum atomic E-state index is 12.2. The van der Waals surface area contributed by atoms with Crippen LogP contribution >= 0.6 is 0 Å². The lowest BCUT2D eigenvalue weighted by atomic mass is 9.92. The standard InChI is InChI=1S/C20H26N2O/c1-3-17(18-8-4-15(2)5-9-18)14-20(23)22-13-12-16-6-10-19(21)11-7-16/h4-11,17H,3,12-14,21H2,1-2H3,(H,22,23). The second kappa shape index (κ2) is 8.37. The minimum absolute atomic E-state index is 0.118. The molecule has 1 atom stereocenters. The molecular formula is C20H26N2O. The molecule has 2 aromatic carbocycles. The lowest BCUT2D eigenvalue weighted by Gasteiger charge is -2.15. The van der Waals surface area contributed by atoms with Gasteiger partial charge in [-0.1, -0.05) is 48.9 Å². The molecule has 0 aliphatic rings. The molecule has 0 saturated heterocycles. The molecule has 3 heteroatoms.